The maximum atomic E-state index is 15.2. The lowest BCUT2D eigenvalue weighted by molar-refractivity contribution is -0.144. The van der Waals surface area contributed by atoms with Crippen LogP contribution in [0.5, 0.6) is 5.75 Å². The summed E-state index contributed by atoms with van der Waals surface area (Å²) in [6, 6.07) is -5.82. The molecular formula is C80H122N22O19. The molecule has 14 atom stereocenters. The molecule has 0 aliphatic carbocycles. The lowest BCUT2D eigenvalue weighted by Crippen LogP contribution is -2.61. The van der Waals surface area contributed by atoms with Crippen LogP contribution in [0.1, 0.15) is 175 Å². The first-order valence-electron chi connectivity index (χ1n) is 41.2. The number of carbonyl (C=O) groups is 16. The van der Waals surface area contributed by atoms with Crippen molar-refractivity contribution >= 4 is 117 Å². The molecule has 6 rings (SSSR count). The zero-order chi connectivity index (χ0) is 89.3. The molecule has 3 aliphatic heterocycles. The number of aromatic nitrogens is 1. The highest BCUT2D eigenvalue weighted by Gasteiger charge is 2.44. The number of para-hydroxylation sites is 1. The van der Waals surface area contributed by atoms with Gasteiger partial charge in [-0.3, -0.25) is 82.7 Å². The van der Waals surface area contributed by atoms with E-state index in [1.807, 2.05) is 12.1 Å². The molecule has 0 spiro atoms. The number of fused-ring (bicyclic) bond motifs is 1. The number of primary amides is 1. The maximum absolute atomic E-state index is 15.2. The van der Waals surface area contributed by atoms with Gasteiger partial charge < -0.3 is 122 Å². The summed E-state index contributed by atoms with van der Waals surface area (Å²) in [7, 11) is 0. The highest BCUT2D eigenvalue weighted by molar-refractivity contribution is 6.02. The maximum Gasteiger partial charge on any atom is 0.326 e. The highest BCUT2D eigenvalue weighted by atomic mass is 16.4. The Labute approximate surface area is 701 Å². The van der Waals surface area contributed by atoms with Crippen LogP contribution in [0.25, 0.3) is 10.9 Å². The van der Waals surface area contributed by atoms with Crippen LogP contribution in [0.2, 0.25) is 0 Å². The number of carbonyl (C=O) groups excluding carboxylic acids is 14. The summed E-state index contributed by atoms with van der Waals surface area (Å²) in [5.41, 5.74) is 24.4. The number of phenolic OH excluding ortho intramolecular Hbond substituents is 1. The van der Waals surface area contributed by atoms with Crippen molar-refractivity contribution in [2.75, 3.05) is 32.7 Å². The second-order valence-corrected chi connectivity index (χ2v) is 31.8. The number of nitrogens with zero attached hydrogens (tertiary/aromatic N) is 2. The average Bonchev–Trinajstić information content (AvgIpc) is 1.59. The van der Waals surface area contributed by atoms with Gasteiger partial charge in [-0.25, -0.2) is 4.79 Å². The fourth-order valence-electron chi connectivity index (χ4n) is 14.7. The van der Waals surface area contributed by atoms with Gasteiger partial charge in [0.15, 0.2) is 11.9 Å². The molecule has 1 aromatic heterocycles. The number of aliphatic carboxylic acids is 2. The molecule has 0 unspecified atom stereocenters. The fraction of sp³-hybridized carbons (Fsp3) is 0.600. The van der Waals surface area contributed by atoms with Gasteiger partial charge in [0.05, 0.1) is 6.42 Å². The van der Waals surface area contributed by atoms with Crippen molar-refractivity contribution in [3.05, 3.63) is 65.9 Å². The molecule has 666 valence electrons. The largest absolute Gasteiger partial charge is 0.508 e. The van der Waals surface area contributed by atoms with Crippen molar-refractivity contribution in [1.29, 1.82) is 10.8 Å². The molecule has 121 heavy (non-hydrogen) atoms. The molecule has 0 saturated carbocycles. The zero-order valence-electron chi connectivity index (χ0n) is 69.4. The van der Waals surface area contributed by atoms with Gasteiger partial charge in [-0.2, -0.15) is 0 Å². The van der Waals surface area contributed by atoms with Crippen LogP contribution in [0.15, 0.2) is 54.7 Å². The van der Waals surface area contributed by atoms with Gasteiger partial charge in [0.2, 0.25) is 82.7 Å². The Morgan fingerprint density at radius 3 is 1.53 bits per heavy atom. The number of benzene rings is 2. The van der Waals surface area contributed by atoms with E-state index in [2.05, 4.69) is 74.1 Å². The molecule has 3 aliphatic rings. The number of aromatic hydroxyl groups is 1. The molecule has 3 fully saturated rings. The number of likely N-dealkylation sites (tertiary alicyclic amines) is 2. The topological polar surface area (TPSA) is 664 Å². The molecule has 41 heteroatoms. The average molecular weight is 1700 g/mol. The van der Waals surface area contributed by atoms with E-state index in [4.69, 9.17) is 33.8 Å². The van der Waals surface area contributed by atoms with Crippen molar-refractivity contribution in [3.63, 3.8) is 0 Å². The number of H-pyrrole nitrogens is 1. The Morgan fingerprint density at radius 2 is 1.00 bits per heavy atom. The van der Waals surface area contributed by atoms with E-state index in [-0.39, 0.29) is 159 Å². The minimum Gasteiger partial charge on any atom is -0.508 e. The van der Waals surface area contributed by atoms with Gasteiger partial charge in [-0.15, -0.1) is 0 Å². The zero-order valence-corrected chi connectivity index (χ0v) is 69.4. The minimum atomic E-state index is -1.93. The summed E-state index contributed by atoms with van der Waals surface area (Å²) >= 11 is 0. The summed E-state index contributed by atoms with van der Waals surface area (Å²) in [5.74, 6) is -16.7. The van der Waals surface area contributed by atoms with Crippen LogP contribution in [0.3, 0.4) is 0 Å². The lowest BCUT2D eigenvalue weighted by atomic mass is 9.96. The first-order chi connectivity index (χ1) is 57.4. The third kappa shape index (κ3) is 31.2. The molecule has 14 amide bonds. The number of nitrogens with two attached hydrogens (primary N) is 4. The number of amides is 14. The van der Waals surface area contributed by atoms with Crippen molar-refractivity contribution in [3.8, 4) is 5.75 Å². The van der Waals surface area contributed by atoms with Gasteiger partial charge in [0, 0.05) is 69.0 Å². The molecule has 4 heterocycles. The molecule has 27 N–H and O–H groups in total. The first-order valence-corrected chi connectivity index (χ1v) is 41.2. The SMILES string of the molecule is CC[C@H](C)[C@H](NC(=O)[C@H](Cc1c[nH]c2ccccc12)NC(=O)[C@@H]1CCCN1C(=O)[C@H](CCCNC(=N)N)NC(=O)[C@H](CCCNC(=N)N)NC(=O)[C@@H]1CCCN1C(=O)[C@H](CCCCN)NC(=O)[C@H](CC(N)=O)NC(=O)[C@H](CCC(=O)O)NC(=O)[C@H](Cc1ccc(O)cc1)NC(=O)[C@H](CC(C)C)NC(=O)[C@@H]1CCC(=O)N1)C(=O)N[C@@H](CC(C)C)C(=O)O. The summed E-state index contributed by atoms with van der Waals surface area (Å²) in [6.45, 7) is 10.7. The number of aromatic amines is 1. The van der Waals surface area contributed by atoms with E-state index in [9.17, 15) is 77.6 Å². The van der Waals surface area contributed by atoms with Crippen LogP contribution in [-0.2, 0) is 89.6 Å². The molecule has 3 saturated heterocycles. The van der Waals surface area contributed by atoms with E-state index >= 15 is 14.4 Å². The Morgan fingerprint density at radius 1 is 0.529 bits per heavy atom. The molecule has 41 nitrogen and oxygen atoms in total. The monoisotopic (exact) mass is 1690 g/mol. The number of hydrogen-bond acceptors (Lipinski definition) is 20. The molecule has 0 bridgehead atoms. The van der Waals surface area contributed by atoms with Crippen molar-refractivity contribution in [1.82, 2.24) is 83.9 Å². The van der Waals surface area contributed by atoms with Crippen molar-refractivity contribution < 1.29 is 92.0 Å². The second kappa shape index (κ2) is 48.2. The number of hydrogen-bond donors (Lipinski definition) is 23. The number of unbranched alkanes of at least 4 members (excludes halogenated alkanes) is 1. The molecule has 0 radical (unpaired) electrons. The van der Waals surface area contributed by atoms with E-state index in [0.29, 0.717) is 24.0 Å². The van der Waals surface area contributed by atoms with Crippen LogP contribution < -0.4 is 92.1 Å². The lowest BCUT2D eigenvalue weighted by Gasteiger charge is -2.32. The third-order valence-corrected chi connectivity index (χ3v) is 21.3. The Kier molecular flexibility index (Phi) is 38.9. The van der Waals surface area contributed by atoms with Crippen LogP contribution in [0.4, 0.5) is 0 Å². The Balaban J connectivity index is 1.24. The number of guanidine groups is 2. The minimum absolute atomic E-state index is 0.00730. The highest BCUT2D eigenvalue weighted by Crippen LogP contribution is 2.26. The van der Waals surface area contributed by atoms with Crippen molar-refractivity contribution in [2.45, 2.75) is 255 Å². The van der Waals surface area contributed by atoms with E-state index in [1.54, 1.807) is 59.9 Å². The van der Waals surface area contributed by atoms with Gasteiger partial charge in [-0.05, 0) is 150 Å². The fourth-order valence-corrected chi connectivity index (χ4v) is 14.7. The smallest absolute Gasteiger partial charge is 0.326 e. The van der Waals surface area contributed by atoms with Crippen LogP contribution in [-0.4, -0.2) is 248 Å². The van der Waals surface area contributed by atoms with Gasteiger partial charge >= 0.3 is 11.9 Å². The first kappa shape index (κ1) is 97.6. The Bertz CT molecular complexity index is 4160. The van der Waals surface area contributed by atoms with E-state index in [1.165, 1.54) is 34.1 Å². The number of carboxylic acid groups (broad SMARTS) is 2. The van der Waals surface area contributed by atoms with Crippen LogP contribution >= 0.6 is 0 Å². The second-order valence-electron chi connectivity index (χ2n) is 31.8. The number of nitrogens with one attached hydrogen (secondary N) is 16. The number of rotatable bonds is 50. The quantitative estimate of drug-likeness (QED) is 0.0156. The van der Waals surface area contributed by atoms with Crippen LogP contribution in [0, 0.1) is 28.6 Å². The molecule has 2 aromatic carbocycles. The summed E-state index contributed by atoms with van der Waals surface area (Å²) in [5, 5.41) is 80.4. The predicted octanol–water partition coefficient (Wildman–Crippen LogP) is -2.61. The summed E-state index contributed by atoms with van der Waals surface area (Å²) in [6.07, 6.45) is 0.441. The molecular weight excluding hydrogens is 1570 g/mol. The van der Waals surface area contributed by atoms with E-state index < -0.39 is 204 Å². The summed E-state index contributed by atoms with van der Waals surface area (Å²) in [4.78, 5) is 230. The standard InChI is InChI=1S/C80H122N22O19/c1-7-44(6)65(75(117)99-59(78(120)121)37-43(4)5)100-72(114)57(39-46-41-89-49-17-9-8-16-48(46)49)98-74(116)61-22-15-35-102(61)77(119)54(20-13-33-88-80(85)86)93-66(108)50(19-12-32-87-79(83)84)92-73(115)60-21-14-34-101(60)76(118)53(18-10-11-31-81)94-71(113)58(40-62(82)104)97-68(110)52(28-30-64(106)107)91-70(112)56(38-45-23-25-47(103)26-24-45)96-69(111)55(36-42(2)3)95-67(109)51-27-29-63(105)90-51/h8-9,16-17,23-26,41-44,50-61,65,89,103H,7,10-15,18-22,27-40,81H2,1-6H3,(H2,82,104)(H,90,105)(H,91,112)(H,92,115)(H,93,108)(H,94,113)(H,95,109)(H,96,111)(H,97,110)(H,98,116)(H,99,117)(H,100,114)(H,106,107)(H,120,121)(H4,83,84,87)(H4,85,86,88)/t44-,50-,51-,52-,53-,54-,55-,56-,57-,58-,59-,60-,61-,65-/m0/s1. The van der Waals surface area contributed by atoms with Gasteiger partial charge in [0.1, 0.15) is 84.3 Å². The van der Waals surface area contributed by atoms with Gasteiger partial charge in [-0.1, -0.05) is 78.3 Å². The van der Waals surface area contributed by atoms with Crippen molar-refractivity contribution in [2.24, 2.45) is 40.7 Å². The van der Waals surface area contributed by atoms with E-state index in [0.717, 1.165) is 10.9 Å². The Hall–Kier alpha value is -12.2. The normalized spacial score (nSPS) is 17.7. The molecule has 3 aromatic rings. The number of carboxylic acids is 2. The summed E-state index contributed by atoms with van der Waals surface area (Å²) < 4.78 is 0. The number of phenols is 1. The van der Waals surface area contributed by atoms with Gasteiger partial charge in [0.25, 0.3) is 0 Å². The third-order valence-electron chi connectivity index (χ3n) is 21.3. The predicted molar refractivity (Wildman–Crippen MR) is 442 cm³/mol.